The molecule has 1 N–H and O–H groups in total. The van der Waals surface area contributed by atoms with Gasteiger partial charge in [0.25, 0.3) is 0 Å². The predicted octanol–water partition coefficient (Wildman–Crippen LogP) is 2.38. The minimum absolute atomic E-state index is 0.00335. The molecule has 0 aliphatic carbocycles. The van der Waals surface area contributed by atoms with Crippen molar-refractivity contribution >= 4 is 5.97 Å². The Hall–Kier alpha value is -1.35. The maximum Gasteiger partial charge on any atom is 0.314 e. The van der Waals surface area contributed by atoms with Crippen molar-refractivity contribution in [2.75, 3.05) is 0 Å². The van der Waals surface area contributed by atoms with Gasteiger partial charge in [-0.3, -0.25) is 4.79 Å². The maximum absolute atomic E-state index is 11.6. The van der Waals surface area contributed by atoms with E-state index in [2.05, 4.69) is 0 Å². The highest BCUT2D eigenvalue weighted by atomic mass is 16.5. The summed E-state index contributed by atoms with van der Waals surface area (Å²) >= 11 is 0. The lowest BCUT2D eigenvalue weighted by atomic mass is 9.99. The van der Waals surface area contributed by atoms with Crippen molar-refractivity contribution in [3.63, 3.8) is 0 Å². The second kappa shape index (κ2) is 5.66. The van der Waals surface area contributed by atoms with E-state index in [1.54, 1.807) is 24.3 Å². The molecule has 0 aromatic heterocycles. The van der Waals surface area contributed by atoms with Gasteiger partial charge in [0.1, 0.15) is 5.75 Å². The van der Waals surface area contributed by atoms with Crippen LogP contribution in [0.5, 0.6) is 5.75 Å². The molecule has 1 aromatic rings. The molecule has 0 saturated heterocycles. The lowest BCUT2D eigenvalue weighted by molar-refractivity contribution is -0.139. The third-order valence-corrected chi connectivity index (χ3v) is 2.70. The van der Waals surface area contributed by atoms with Crippen LogP contribution in [0.4, 0.5) is 0 Å². The topological polar surface area (TPSA) is 46.5 Å². The molecule has 0 bridgehead atoms. The van der Waals surface area contributed by atoms with Crippen LogP contribution in [-0.2, 0) is 11.4 Å². The molecule has 0 fully saturated rings. The quantitative estimate of drug-likeness (QED) is 0.628. The van der Waals surface area contributed by atoms with E-state index in [0.717, 1.165) is 5.56 Å². The number of ether oxygens (including phenoxy) is 1. The van der Waals surface area contributed by atoms with Crippen LogP contribution in [0.2, 0.25) is 0 Å². The van der Waals surface area contributed by atoms with E-state index in [1.165, 1.54) is 0 Å². The number of benzene rings is 1. The third-order valence-electron chi connectivity index (χ3n) is 2.70. The first kappa shape index (κ1) is 12.7. The highest BCUT2D eigenvalue weighted by Gasteiger charge is 2.18. The molecule has 16 heavy (non-hydrogen) atoms. The molecule has 1 atom stereocenters. The van der Waals surface area contributed by atoms with Gasteiger partial charge in [-0.1, -0.05) is 32.9 Å². The number of aliphatic hydroxyl groups is 1. The zero-order chi connectivity index (χ0) is 12.1. The molecule has 0 saturated carbocycles. The third kappa shape index (κ3) is 3.35. The van der Waals surface area contributed by atoms with E-state index >= 15 is 0 Å². The molecule has 1 rings (SSSR count). The fourth-order valence-electron chi connectivity index (χ4n) is 1.14. The fraction of sp³-hybridized carbons (Fsp3) is 0.462. The van der Waals surface area contributed by atoms with Crippen LogP contribution >= 0.6 is 0 Å². The molecular weight excluding hydrogens is 204 g/mol. The molecule has 0 heterocycles. The summed E-state index contributed by atoms with van der Waals surface area (Å²) < 4.78 is 5.22. The Morgan fingerprint density at radius 1 is 1.25 bits per heavy atom. The molecule has 1 unspecified atom stereocenters. The van der Waals surface area contributed by atoms with Crippen LogP contribution < -0.4 is 4.74 Å². The zero-order valence-corrected chi connectivity index (χ0v) is 9.93. The molecule has 0 radical (unpaired) electrons. The van der Waals surface area contributed by atoms with E-state index in [1.807, 2.05) is 20.8 Å². The minimum Gasteiger partial charge on any atom is -0.426 e. The monoisotopic (exact) mass is 222 g/mol. The first-order chi connectivity index (χ1) is 7.54. The fourth-order valence-corrected chi connectivity index (χ4v) is 1.14. The number of esters is 1. The van der Waals surface area contributed by atoms with Crippen molar-refractivity contribution in [3.05, 3.63) is 29.8 Å². The molecule has 0 aliphatic heterocycles. The van der Waals surface area contributed by atoms with Crippen LogP contribution in [0.3, 0.4) is 0 Å². The van der Waals surface area contributed by atoms with Crippen LogP contribution in [0.1, 0.15) is 26.3 Å². The van der Waals surface area contributed by atoms with Gasteiger partial charge in [-0.25, -0.2) is 0 Å². The standard InChI is InChI=1S/C13H18O3/c1-9(2)10(3)13(15)16-12-6-4-11(8-14)5-7-12/h4-7,9-10,14H,8H2,1-3H3. The van der Waals surface area contributed by atoms with Gasteiger partial charge in [-0.2, -0.15) is 0 Å². The van der Waals surface area contributed by atoms with Crippen molar-refractivity contribution in [3.8, 4) is 5.75 Å². The van der Waals surface area contributed by atoms with Crippen LogP contribution in [0.15, 0.2) is 24.3 Å². The Morgan fingerprint density at radius 3 is 2.25 bits per heavy atom. The highest BCUT2D eigenvalue weighted by Crippen LogP contribution is 2.17. The number of hydrogen-bond acceptors (Lipinski definition) is 3. The second-order valence-corrected chi connectivity index (χ2v) is 4.26. The number of hydrogen-bond donors (Lipinski definition) is 1. The number of rotatable bonds is 4. The van der Waals surface area contributed by atoms with Crippen molar-refractivity contribution in [2.45, 2.75) is 27.4 Å². The molecule has 0 aliphatic rings. The lowest BCUT2D eigenvalue weighted by Gasteiger charge is -2.14. The minimum atomic E-state index is -0.216. The summed E-state index contributed by atoms with van der Waals surface area (Å²) in [5.41, 5.74) is 0.803. The van der Waals surface area contributed by atoms with Crippen LogP contribution in [0, 0.1) is 11.8 Å². The van der Waals surface area contributed by atoms with Gasteiger partial charge >= 0.3 is 5.97 Å². The Morgan fingerprint density at radius 2 is 1.81 bits per heavy atom. The molecular formula is C13H18O3. The number of aliphatic hydroxyl groups excluding tert-OH is 1. The molecule has 3 heteroatoms. The molecule has 1 aromatic carbocycles. The Kier molecular flexibility index (Phi) is 4.50. The second-order valence-electron chi connectivity index (χ2n) is 4.26. The van der Waals surface area contributed by atoms with E-state index in [9.17, 15) is 4.79 Å². The van der Waals surface area contributed by atoms with Gasteiger partial charge in [-0.15, -0.1) is 0 Å². The van der Waals surface area contributed by atoms with Crippen LogP contribution in [-0.4, -0.2) is 11.1 Å². The largest absolute Gasteiger partial charge is 0.426 e. The summed E-state index contributed by atoms with van der Waals surface area (Å²) in [5, 5.41) is 8.86. The van der Waals surface area contributed by atoms with Crippen molar-refractivity contribution in [1.82, 2.24) is 0 Å². The molecule has 0 amide bonds. The van der Waals surface area contributed by atoms with E-state index in [0.29, 0.717) is 5.75 Å². The SMILES string of the molecule is CC(C)C(C)C(=O)Oc1ccc(CO)cc1. The Labute approximate surface area is 96.1 Å². The van der Waals surface area contributed by atoms with Gasteiger partial charge in [-0.05, 0) is 23.6 Å². The summed E-state index contributed by atoms with van der Waals surface area (Å²) in [7, 11) is 0. The predicted molar refractivity (Wildman–Crippen MR) is 62.0 cm³/mol. The summed E-state index contributed by atoms with van der Waals surface area (Å²) in [6, 6.07) is 6.86. The van der Waals surface area contributed by atoms with Gasteiger partial charge in [0.2, 0.25) is 0 Å². The molecule has 0 spiro atoms. The summed E-state index contributed by atoms with van der Waals surface area (Å²) in [6.45, 7) is 5.83. The lowest BCUT2D eigenvalue weighted by Crippen LogP contribution is -2.22. The Balaban J connectivity index is 2.62. The maximum atomic E-state index is 11.6. The van der Waals surface area contributed by atoms with Crippen LogP contribution in [0.25, 0.3) is 0 Å². The van der Waals surface area contributed by atoms with E-state index in [-0.39, 0.29) is 24.4 Å². The van der Waals surface area contributed by atoms with Crippen molar-refractivity contribution in [2.24, 2.45) is 11.8 Å². The smallest absolute Gasteiger partial charge is 0.314 e. The van der Waals surface area contributed by atoms with Crippen molar-refractivity contribution < 1.29 is 14.6 Å². The summed E-state index contributed by atoms with van der Waals surface area (Å²) in [6.07, 6.45) is 0. The molecule has 3 nitrogen and oxygen atoms in total. The van der Waals surface area contributed by atoms with E-state index in [4.69, 9.17) is 9.84 Å². The molecule has 88 valence electrons. The first-order valence-electron chi connectivity index (χ1n) is 5.46. The zero-order valence-electron chi connectivity index (χ0n) is 9.93. The van der Waals surface area contributed by atoms with Gasteiger partial charge < -0.3 is 9.84 Å². The first-order valence-corrected chi connectivity index (χ1v) is 5.46. The average molecular weight is 222 g/mol. The number of carbonyl (C=O) groups excluding carboxylic acids is 1. The van der Waals surface area contributed by atoms with Gasteiger partial charge in [0.05, 0.1) is 12.5 Å². The van der Waals surface area contributed by atoms with Crippen molar-refractivity contribution in [1.29, 1.82) is 0 Å². The Bertz CT molecular complexity index is 341. The average Bonchev–Trinajstić information content (AvgIpc) is 2.28. The number of carbonyl (C=O) groups is 1. The summed E-state index contributed by atoms with van der Waals surface area (Å²) in [5.74, 6) is 0.461. The van der Waals surface area contributed by atoms with E-state index < -0.39 is 0 Å². The van der Waals surface area contributed by atoms with Gasteiger partial charge in [0, 0.05) is 0 Å². The summed E-state index contributed by atoms with van der Waals surface area (Å²) in [4.78, 5) is 11.6. The van der Waals surface area contributed by atoms with Gasteiger partial charge in [0.15, 0.2) is 0 Å². The normalized spacial score (nSPS) is 12.6. The highest BCUT2D eigenvalue weighted by molar-refractivity contribution is 5.74.